The number of thioether (sulfide) groups is 2. The Morgan fingerprint density at radius 1 is 1.16 bits per heavy atom. The Hall–Kier alpha value is 0.820. The monoisotopic (exact) mass is 561 g/mol. The second kappa shape index (κ2) is 13.1. The molecule has 2 N–H and O–H groups in total. The van der Waals surface area contributed by atoms with Crippen LogP contribution in [0.3, 0.4) is 0 Å². The van der Waals surface area contributed by atoms with Crippen molar-refractivity contribution in [3.8, 4) is 0 Å². The Bertz CT molecular complexity index is 690. The molecule has 0 unspecified atom stereocenters. The van der Waals surface area contributed by atoms with Gasteiger partial charge in [0.1, 0.15) is 0 Å². The fourth-order valence-electron chi connectivity index (χ4n) is 2.75. The average Bonchev–Trinajstić information content (AvgIpc) is 2.68. The van der Waals surface area contributed by atoms with E-state index in [1.54, 1.807) is 18.7 Å². The fourth-order valence-corrected chi connectivity index (χ4v) is 5.54. The molecule has 6 nitrogen and oxygen atoms in total. The van der Waals surface area contributed by atoms with Crippen LogP contribution in [-0.2, 0) is 26.4 Å². The van der Waals surface area contributed by atoms with E-state index in [0.29, 0.717) is 17.9 Å². The molecule has 1 aromatic carbocycles. The van der Waals surface area contributed by atoms with Crippen LogP contribution in [0.25, 0.3) is 0 Å². The molecule has 0 aromatic heterocycles. The molecule has 1 amide bonds. The number of carbonyl (C=O) groups is 1. The molecule has 13 heteroatoms. The van der Waals surface area contributed by atoms with E-state index in [1.165, 1.54) is 5.56 Å². The largest absolute Gasteiger partial charge is 0.413 e. The highest BCUT2D eigenvalue weighted by Gasteiger charge is 2.42. The zero-order valence-electron chi connectivity index (χ0n) is 16.9. The quantitative estimate of drug-likeness (QED) is 0.0950. The van der Waals surface area contributed by atoms with E-state index >= 15 is 0 Å². The second-order valence-corrected chi connectivity index (χ2v) is 14.1. The van der Waals surface area contributed by atoms with Crippen molar-refractivity contribution in [2.75, 3.05) is 23.4 Å². The van der Waals surface area contributed by atoms with E-state index in [4.69, 9.17) is 18.8 Å². The van der Waals surface area contributed by atoms with Crippen LogP contribution >= 0.6 is 86.1 Å². The van der Waals surface area contributed by atoms with Gasteiger partial charge in [-0.25, -0.2) is 4.79 Å². The minimum absolute atomic E-state index is 0.222. The van der Waals surface area contributed by atoms with Gasteiger partial charge in [-0.15, -0.1) is 74.0 Å². The van der Waals surface area contributed by atoms with Gasteiger partial charge in [0.25, 0.3) is 0 Å². The second-order valence-electron chi connectivity index (χ2n) is 7.08. The molecule has 0 saturated carbocycles. The lowest BCUT2D eigenvalue weighted by Crippen LogP contribution is -2.61. The molecule has 0 atom stereocenters. The number of amides is 1. The Balaban J connectivity index is 1.93. The van der Waals surface area contributed by atoms with E-state index < -0.39 is 20.3 Å². The summed E-state index contributed by atoms with van der Waals surface area (Å²) in [7, 11) is 0. The number of hydrogen-bond donors (Lipinski definition) is 6. The highest BCUT2D eigenvalue weighted by atomic mass is 32.2. The lowest BCUT2D eigenvalue weighted by Gasteiger charge is -2.43. The molecule has 1 heterocycles. The number of benzene rings is 1. The van der Waals surface area contributed by atoms with Crippen LogP contribution in [0.5, 0.6) is 0 Å². The van der Waals surface area contributed by atoms with Gasteiger partial charge in [-0.3, -0.25) is 0 Å². The third kappa shape index (κ3) is 11.2. The van der Waals surface area contributed by atoms with Crippen molar-refractivity contribution in [1.82, 2.24) is 5.32 Å². The topological polar surface area (TPSA) is 77.0 Å². The van der Waals surface area contributed by atoms with E-state index in [-0.39, 0.29) is 13.2 Å². The van der Waals surface area contributed by atoms with Crippen molar-refractivity contribution in [1.29, 1.82) is 0 Å². The smallest absolute Gasteiger partial charge is 0.410 e. The van der Waals surface area contributed by atoms with Crippen LogP contribution in [0.1, 0.15) is 24.5 Å². The summed E-state index contributed by atoms with van der Waals surface area (Å²) in [5.74, 6) is 0.919. The zero-order chi connectivity index (χ0) is 23.0. The first-order valence-electron chi connectivity index (χ1n) is 9.21. The number of carbonyl (C=O) groups excluding carboxylic acids is 1. The molecule has 1 aliphatic heterocycles. The van der Waals surface area contributed by atoms with E-state index in [1.807, 2.05) is 11.8 Å². The number of alkyl carbamates (subject to hydrolysis) is 1. The lowest BCUT2D eigenvalue weighted by molar-refractivity contribution is -0.225. The Kier molecular flexibility index (Phi) is 11.8. The summed E-state index contributed by atoms with van der Waals surface area (Å²) in [5.41, 5.74) is 1.60. The van der Waals surface area contributed by atoms with Crippen LogP contribution in [-0.4, -0.2) is 48.3 Å². The number of thiol groups is 4. The summed E-state index contributed by atoms with van der Waals surface area (Å²) in [4.78, 5) is 12.3. The Morgan fingerprint density at radius 3 is 2.35 bits per heavy atom. The Labute approximate surface area is 218 Å². The molecule has 1 saturated heterocycles. The molecule has 0 radical (unpaired) electrons. The summed E-state index contributed by atoms with van der Waals surface area (Å²) in [6, 6.07) is 8.40. The molecule has 0 aliphatic carbocycles. The van der Waals surface area contributed by atoms with Crippen LogP contribution < -0.4 is 5.32 Å². The predicted molar refractivity (Wildman–Crippen MR) is 145 cm³/mol. The molecule has 0 bridgehead atoms. The van der Waals surface area contributed by atoms with Gasteiger partial charge in [-0.2, -0.15) is 0 Å². The third-order valence-electron chi connectivity index (χ3n) is 4.32. The maximum absolute atomic E-state index is 12.3. The van der Waals surface area contributed by atoms with E-state index in [9.17, 15) is 4.79 Å². The summed E-state index contributed by atoms with van der Waals surface area (Å²) >= 11 is 20.6. The minimum atomic E-state index is -1.50. The summed E-state index contributed by atoms with van der Waals surface area (Å²) in [6.45, 7) is 2.15. The molecule has 1 fully saturated rings. The van der Waals surface area contributed by atoms with Crippen LogP contribution in [0, 0.1) is 0 Å². The summed E-state index contributed by atoms with van der Waals surface area (Å²) in [5, 5.41) is 3.45. The number of rotatable bonds is 11. The van der Waals surface area contributed by atoms with Gasteiger partial charge in [0.15, 0.2) is 0 Å². The van der Waals surface area contributed by atoms with Crippen molar-refractivity contribution in [3.05, 3.63) is 35.4 Å². The highest BCUT2D eigenvalue weighted by molar-refractivity contribution is 8.21. The van der Waals surface area contributed by atoms with Gasteiger partial charge in [-0.05, 0) is 42.9 Å². The number of aryl methyl sites for hydroxylation is 1. The fraction of sp³-hybridized carbons (Fsp3) is 0.611. The summed E-state index contributed by atoms with van der Waals surface area (Å²) in [6.07, 6.45) is 0.578. The summed E-state index contributed by atoms with van der Waals surface area (Å²) < 4.78 is 23.6. The van der Waals surface area contributed by atoms with Crippen LogP contribution in [0.2, 0.25) is 0 Å². The number of hydrogen-bond acceptors (Lipinski definition) is 12. The maximum atomic E-state index is 12.3. The van der Waals surface area contributed by atoms with Gasteiger partial charge in [0.2, 0.25) is 8.72 Å². The van der Waals surface area contributed by atoms with E-state index in [2.05, 4.69) is 80.1 Å². The van der Waals surface area contributed by atoms with Crippen molar-refractivity contribution in [3.63, 3.8) is 0 Å². The van der Waals surface area contributed by atoms with Crippen molar-refractivity contribution >= 4 is 92.2 Å². The zero-order valence-corrected chi connectivity index (χ0v) is 22.9. The molecule has 1 aliphatic rings. The standard InChI is InChI=1S/C18H27NO5S7/c1-16(25)22-9-17(10-23-16,19-15(20)24-18(26,27)28)7-6-13-2-4-14(5-3-13)8-29-11-30-12-31-21/h2-5,21,25-28H,6-12H2,1H3,(H,19,20). The third-order valence-corrected chi connectivity index (χ3v) is 7.81. The highest BCUT2D eigenvalue weighted by Crippen LogP contribution is 2.31. The normalized spacial score (nSPS) is 24.1. The van der Waals surface area contributed by atoms with Gasteiger partial charge in [-0.1, -0.05) is 24.3 Å². The Morgan fingerprint density at radius 2 is 1.77 bits per heavy atom. The molecule has 0 spiro atoms. The lowest BCUT2D eigenvalue weighted by atomic mass is 9.92. The average molecular weight is 562 g/mol. The molecule has 176 valence electrons. The van der Waals surface area contributed by atoms with Crippen LogP contribution in [0.4, 0.5) is 4.79 Å². The van der Waals surface area contributed by atoms with E-state index in [0.717, 1.165) is 28.4 Å². The van der Waals surface area contributed by atoms with Crippen LogP contribution in [0.15, 0.2) is 24.3 Å². The van der Waals surface area contributed by atoms with Gasteiger partial charge >= 0.3 is 6.09 Å². The molecule has 2 rings (SSSR count). The first-order chi connectivity index (χ1) is 14.5. The van der Waals surface area contributed by atoms with Crippen molar-refractivity contribution in [2.24, 2.45) is 0 Å². The predicted octanol–water partition coefficient (Wildman–Crippen LogP) is 5.22. The molecule has 1 aromatic rings. The van der Waals surface area contributed by atoms with Gasteiger partial charge in [0.05, 0.1) is 23.8 Å². The first kappa shape index (κ1) is 28.1. The molecular formula is C18H27NO5S7. The first-order valence-corrected chi connectivity index (χ1v) is 14.2. The SMILES string of the molecule is CC1(S)OCC(CCc2ccc(CSCSCSO)cc2)(NC(=O)OC(S)(S)S)CO1. The van der Waals surface area contributed by atoms with Crippen molar-refractivity contribution in [2.45, 2.75) is 39.8 Å². The number of ether oxygens (including phenoxy) is 3. The minimum Gasteiger partial charge on any atom is -0.413 e. The number of nitrogens with one attached hydrogen (secondary N) is 1. The molecule has 31 heavy (non-hydrogen) atoms. The molecular weight excluding hydrogens is 535 g/mol. The maximum Gasteiger partial charge on any atom is 0.410 e. The van der Waals surface area contributed by atoms with Gasteiger partial charge < -0.3 is 24.1 Å². The van der Waals surface area contributed by atoms with Gasteiger partial charge in [0, 0.05) is 10.8 Å². The van der Waals surface area contributed by atoms with Crippen molar-refractivity contribution < 1.29 is 23.6 Å².